The van der Waals surface area contributed by atoms with Gasteiger partial charge in [-0.1, -0.05) is 59.6 Å². The average molecular weight is 455 g/mol. The van der Waals surface area contributed by atoms with Crippen LogP contribution in [-0.4, -0.2) is 51.4 Å². The quantitative estimate of drug-likeness (QED) is 0.702. The summed E-state index contributed by atoms with van der Waals surface area (Å²) in [6.45, 7) is 2.06. The first-order chi connectivity index (χ1) is 13.8. The molecule has 1 amide bonds. The average Bonchev–Trinajstić information content (AvgIpc) is 2.71. The van der Waals surface area contributed by atoms with Crippen molar-refractivity contribution in [1.29, 1.82) is 0 Å². The van der Waals surface area contributed by atoms with Crippen molar-refractivity contribution in [2.75, 3.05) is 38.0 Å². The molecule has 0 atom stereocenters. The van der Waals surface area contributed by atoms with E-state index in [1.807, 2.05) is 30.3 Å². The number of nitrogens with one attached hydrogen (secondary N) is 2. The Morgan fingerprint density at radius 3 is 2.45 bits per heavy atom. The van der Waals surface area contributed by atoms with E-state index in [1.165, 1.54) is 9.71 Å². The van der Waals surface area contributed by atoms with Crippen LogP contribution in [0.5, 0.6) is 0 Å². The number of halogens is 2. The van der Waals surface area contributed by atoms with Gasteiger partial charge in [0.15, 0.2) is 6.54 Å². The number of anilines is 1. The SMILES string of the molecule is O=C(C[NH+]1CCN(S(=O)(=O)/C=C/c2ccccc2)CC1)Nc1cccc(Cl)c1Cl. The number of quaternary nitrogens is 1. The van der Waals surface area contributed by atoms with E-state index in [9.17, 15) is 13.2 Å². The minimum atomic E-state index is -3.49. The molecule has 1 aliphatic heterocycles. The third-order valence-corrected chi connectivity index (χ3v) is 7.04. The first-order valence-electron chi connectivity index (χ1n) is 9.16. The van der Waals surface area contributed by atoms with Crippen LogP contribution in [0.4, 0.5) is 5.69 Å². The summed E-state index contributed by atoms with van der Waals surface area (Å²) < 4.78 is 26.5. The Morgan fingerprint density at radius 1 is 1.07 bits per heavy atom. The summed E-state index contributed by atoms with van der Waals surface area (Å²) >= 11 is 12.0. The predicted octanol–water partition coefficient (Wildman–Crippen LogP) is 2.13. The van der Waals surface area contributed by atoms with E-state index in [0.29, 0.717) is 41.9 Å². The Balaban J connectivity index is 1.51. The second-order valence-electron chi connectivity index (χ2n) is 6.73. The number of piperazine rings is 1. The third kappa shape index (κ3) is 6.04. The van der Waals surface area contributed by atoms with Gasteiger partial charge in [0.05, 0.1) is 41.9 Å². The number of hydrogen-bond acceptors (Lipinski definition) is 3. The number of sulfonamides is 1. The van der Waals surface area contributed by atoms with Crippen molar-refractivity contribution in [3.05, 3.63) is 69.5 Å². The zero-order valence-corrected chi connectivity index (χ0v) is 18.0. The normalized spacial score (nSPS) is 16.2. The Labute approximate surface area is 180 Å². The first-order valence-corrected chi connectivity index (χ1v) is 11.4. The van der Waals surface area contributed by atoms with E-state index in [0.717, 1.165) is 10.5 Å². The van der Waals surface area contributed by atoms with Gasteiger partial charge in [0.2, 0.25) is 10.0 Å². The monoisotopic (exact) mass is 454 g/mol. The molecule has 0 saturated carbocycles. The molecule has 154 valence electrons. The molecule has 1 aliphatic rings. The number of carbonyl (C=O) groups is 1. The highest BCUT2D eigenvalue weighted by molar-refractivity contribution is 7.92. The molecule has 0 radical (unpaired) electrons. The van der Waals surface area contributed by atoms with Crippen LogP contribution in [0.15, 0.2) is 53.9 Å². The van der Waals surface area contributed by atoms with Crippen molar-refractivity contribution in [1.82, 2.24) is 4.31 Å². The fraction of sp³-hybridized carbons (Fsp3) is 0.250. The molecule has 2 aromatic rings. The lowest BCUT2D eigenvalue weighted by molar-refractivity contribution is -0.895. The van der Waals surface area contributed by atoms with Crippen molar-refractivity contribution >= 4 is 50.9 Å². The molecule has 1 heterocycles. The number of hydrogen-bond donors (Lipinski definition) is 2. The van der Waals surface area contributed by atoms with Gasteiger partial charge in [-0.25, -0.2) is 8.42 Å². The Kier molecular flexibility index (Phi) is 7.32. The lowest BCUT2D eigenvalue weighted by atomic mass is 10.2. The number of carbonyl (C=O) groups excluding carboxylic acids is 1. The molecule has 0 aliphatic carbocycles. The summed E-state index contributed by atoms with van der Waals surface area (Å²) in [5, 5.41) is 4.67. The van der Waals surface area contributed by atoms with Crippen LogP contribution >= 0.6 is 23.2 Å². The molecule has 0 bridgehead atoms. The summed E-state index contributed by atoms with van der Waals surface area (Å²) in [6.07, 6.45) is 1.59. The van der Waals surface area contributed by atoms with Crippen LogP contribution in [0.3, 0.4) is 0 Å². The number of benzene rings is 2. The minimum absolute atomic E-state index is 0.190. The van der Waals surface area contributed by atoms with Gasteiger partial charge >= 0.3 is 0 Å². The fourth-order valence-electron chi connectivity index (χ4n) is 3.07. The first kappa shape index (κ1) is 21.8. The van der Waals surface area contributed by atoms with Gasteiger partial charge in [0.25, 0.3) is 5.91 Å². The van der Waals surface area contributed by atoms with Gasteiger partial charge in [-0.15, -0.1) is 0 Å². The second kappa shape index (κ2) is 9.73. The summed E-state index contributed by atoms with van der Waals surface area (Å²) in [5.74, 6) is -0.190. The minimum Gasteiger partial charge on any atom is -0.325 e. The fourth-order valence-corrected chi connectivity index (χ4v) is 4.61. The highest BCUT2D eigenvalue weighted by Crippen LogP contribution is 2.29. The topological polar surface area (TPSA) is 70.9 Å². The molecule has 0 unspecified atom stereocenters. The van der Waals surface area contributed by atoms with E-state index in [1.54, 1.807) is 24.3 Å². The van der Waals surface area contributed by atoms with Crippen LogP contribution in [0, 0.1) is 0 Å². The molecule has 1 fully saturated rings. The lowest BCUT2D eigenvalue weighted by Crippen LogP contribution is -3.15. The smallest absolute Gasteiger partial charge is 0.279 e. The number of rotatable bonds is 6. The van der Waals surface area contributed by atoms with Crippen LogP contribution in [-0.2, 0) is 14.8 Å². The summed E-state index contributed by atoms with van der Waals surface area (Å²) in [5.41, 5.74) is 1.30. The van der Waals surface area contributed by atoms with Gasteiger partial charge in [0, 0.05) is 5.41 Å². The van der Waals surface area contributed by atoms with Gasteiger partial charge in [-0.2, -0.15) is 4.31 Å². The van der Waals surface area contributed by atoms with E-state index < -0.39 is 10.0 Å². The Bertz CT molecular complexity index is 989. The lowest BCUT2D eigenvalue weighted by Gasteiger charge is -2.30. The molecule has 2 N–H and O–H groups in total. The van der Waals surface area contributed by atoms with Crippen molar-refractivity contribution in [2.45, 2.75) is 0 Å². The molecular weight excluding hydrogens is 433 g/mol. The second-order valence-corrected chi connectivity index (χ2v) is 9.34. The van der Waals surface area contributed by atoms with E-state index in [2.05, 4.69) is 5.32 Å². The van der Waals surface area contributed by atoms with Crippen LogP contribution in [0.25, 0.3) is 6.08 Å². The van der Waals surface area contributed by atoms with Crippen LogP contribution in [0.1, 0.15) is 5.56 Å². The summed E-state index contributed by atoms with van der Waals surface area (Å²) in [4.78, 5) is 13.3. The molecule has 9 heteroatoms. The molecular formula is C20H22Cl2N3O3S+. The predicted molar refractivity (Wildman–Crippen MR) is 117 cm³/mol. The third-order valence-electron chi connectivity index (χ3n) is 4.66. The van der Waals surface area contributed by atoms with E-state index in [4.69, 9.17) is 23.2 Å². The van der Waals surface area contributed by atoms with Crippen LogP contribution in [0.2, 0.25) is 10.0 Å². The highest BCUT2D eigenvalue weighted by atomic mass is 35.5. The molecule has 1 saturated heterocycles. The maximum absolute atomic E-state index is 12.5. The van der Waals surface area contributed by atoms with Crippen molar-refractivity contribution in [3.8, 4) is 0 Å². The highest BCUT2D eigenvalue weighted by Gasteiger charge is 2.28. The molecule has 6 nitrogen and oxygen atoms in total. The molecule has 29 heavy (non-hydrogen) atoms. The number of amides is 1. The van der Waals surface area contributed by atoms with Crippen molar-refractivity contribution < 1.29 is 18.1 Å². The summed E-state index contributed by atoms with van der Waals surface area (Å²) in [7, 11) is -3.49. The molecule has 3 rings (SSSR count). The zero-order chi connectivity index (χ0) is 20.9. The van der Waals surface area contributed by atoms with E-state index >= 15 is 0 Å². The summed E-state index contributed by atoms with van der Waals surface area (Å²) in [6, 6.07) is 14.3. The van der Waals surface area contributed by atoms with Gasteiger partial charge in [-0.05, 0) is 23.8 Å². The molecule has 0 spiro atoms. The Hall–Kier alpha value is -1.90. The van der Waals surface area contributed by atoms with Crippen molar-refractivity contribution in [3.63, 3.8) is 0 Å². The maximum atomic E-state index is 12.5. The van der Waals surface area contributed by atoms with Crippen LogP contribution < -0.4 is 10.2 Å². The largest absolute Gasteiger partial charge is 0.325 e. The maximum Gasteiger partial charge on any atom is 0.279 e. The Morgan fingerprint density at radius 2 is 1.76 bits per heavy atom. The van der Waals surface area contributed by atoms with E-state index in [-0.39, 0.29) is 12.5 Å². The van der Waals surface area contributed by atoms with Gasteiger partial charge in [-0.3, -0.25) is 4.79 Å². The zero-order valence-electron chi connectivity index (χ0n) is 15.6. The molecule has 2 aromatic carbocycles. The van der Waals surface area contributed by atoms with Gasteiger partial charge < -0.3 is 10.2 Å². The van der Waals surface area contributed by atoms with Crippen molar-refractivity contribution in [2.24, 2.45) is 0 Å². The number of nitrogens with zero attached hydrogens (tertiary/aromatic N) is 1. The van der Waals surface area contributed by atoms with Gasteiger partial charge in [0.1, 0.15) is 0 Å². The standard InChI is InChI=1S/C20H21Cl2N3O3S/c21-17-7-4-8-18(20(17)22)23-19(26)15-24-10-12-25(13-11-24)29(27,28)14-9-16-5-2-1-3-6-16/h1-9,14H,10-13,15H2,(H,23,26)/p+1/b14-9+. The molecule has 0 aromatic heterocycles.